The van der Waals surface area contributed by atoms with Crippen molar-refractivity contribution < 1.29 is 39.3 Å². The quantitative estimate of drug-likeness (QED) is 0.766. The molecule has 0 radical (unpaired) electrons. The number of benzene rings is 1. The highest BCUT2D eigenvalue weighted by atomic mass is 32.2. The van der Waals surface area contributed by atoms with Crippen LogP contribution in [0.25, 0.3) is 0 Å². The first-order valence-electron chi connectivity index (χ1n) is 7.01. The summed E-state index contributed by atoms with van der Waals surface area (Å²) in [5.41, 5.74) is -4.36. The molecule has 13 heteroatoms. The Balaban J connectivity index is 2.50. The fourth-order valence-corrected chi connectivity index (χ4v) is 3.19. The summed E-state index contributed by atoms with van der Waals surface area (Å²) >= 11 is 0. The number of aromatic nitrogens is 1. The van der Waals surface area contributed by atoms with Crippen LogP contribution >= 0.6 is 0 Å². The van der Waals surface area contributed by atoms with Gasteiger partial charge in [-0.2, -0.15) is 31.6 Å². The van der Waals surface area contributed by atoms with E-state index in [2.05, 4.69) is 9.68 Å². The van der Waals surface area contributed by atoms with Gasteiger partial charge in [-0.15, -0.1) is 0 Å². The molecule has 1 aromatic carbocycles. The predicted molar refractivity (Wildman–Crippen MR) is 77.9 cm³/mol. The van der Waals surface area contributed by atoms with Gasteiger partial charge in [-0.05, 0) is 24.6 Å². The summed E-state index contributed by atoms with van der Waals surface area (Å²) in [6, 6.07) is 2.83. The molecule has 1 aromatic heterocycles. The maximum atomic E-state index is 13.0. The highest BCUT2D eigenvalue weighted by molar-refractivity contribution is 7.92. The van der Waals surface area contributed by atoms with Gasteiger partial charge in [-0.25, -0.2) is 13.1 Å². The van der Waals surface area contributed by atoms with Gasteiger partial charge in [-0.1, -0.05) is 12.1 Å². The number of sulfonamides is 1. The van der Waals surface area contributed by atoms with Gasteiger partial charge in [0.2, 0.25) is 5.88 Å². The third kappa shape index (κ3) is 4.16. The summed E-state index contributed by atoms with van der Waals surface area (Å²) < 4.78 is 108. The van der Waals surface area contributed by atoms with Gasteiger partial charge in [0.15, 0.2) is 5.69 Å². The number of nitrogens with zero attached hydrogens (tertiary/aromatic N) is 2. The van der Waals surface area contributed by atoms with E-state index in [1.165, 1.54) is 13.0 Å². The van der Waals surface area contributed by atoms with Crippen LogP contribution < -0.4 is 4.72 Å². The number of halogens is 6. The van der Waals surface area contributed by atoms with Gasteiger partial charge < -0.3 is 4.52 Å². The van der Waals surface area contributed by atoms with Crippen molar-refractivity contribution in [2.45, 2.75) is 30.6 Å². The average molecular weight is 413 g/mol. The molecule has 0 saturated heterocycles. The van der Waals surface area contributed by atoms with Gasteiger partial charge in [0.1, 0.15) is 0 Å². The van der Waals surface area contributed by atoms with Crippen LogP contribution in [0.15, 0.2) is 27.6 Å². The number of hydrogen-bond acceptors (Lipinski definition) is 5. The molecule has 0 bridgehead atoms. The maximum Gasteiger partial charge on any atom is 0.437 e. The van der Waals surface area contributed by atoms with Crippen molar-refractivity contribution in [3.63, 3.8) is 0 Å². The number of anilines is 1. The smallest absolute Gasteiger partial charge is 0.337 e. The molecule has 2 rings (SSSR count). The minimum atomic E-state index is -5.01. The molecule has 0 amide bonds. The van der Waals surface area contributed by atoms with Crippen LogP contribution in [-0.4, -0.2) is 13.6 Å². The van der Waals surface area contributed by atoms with E-state index < -0.39 is 55.5 Å². The molecule has 2 aromatic rings. The summed E-state index contributed by atoms with van der Waals surface area (Å²) in [7, 11) is -4.75. The Morgan fingerprint density at radius 1 is 1.19 bits per heavy atom. The van der Waals surface area contributed by atoms with Crippen molar-refractivity contribution in [3.05, 3.63) is 40.6 Å². The molecule has 0 aliphatic heterocycles. The van der Waals surface area contributed by atoms with Gasteiger partial charge in [0.25, 0.3) is 10.0 Å². The Morgan fingerprint density at radius 3 is 2.30 bits per heavy atom. The number of rotatable bonds is 4. The van der Waals surface area contributed by atoms with Gasteiger partial charge >= 0.3 is 12.4 Å². The third-order valence-corrected chi connectivity index (χ3v) is 4.69. The van der Waals surface area contributed by atoms with Crippen LogP contribution in [0.3, 0.4) is 0 Å². The van der Waals surface area contributed by atoms with Crippen molar-refractivity contribution >= 4 is 15.9 Å². The Morgan fingerprint density at radius 2 is 1.81 bits per heavy atom. The van der Waals surface area contributed by atoms with Crippen molar-refractivity contribution in [3.8, 4) is 6.07 Å². The maximum absolute atomic E-state index is 13.0. The van der Waals surface area contributed by atoms with Gasteiger partial charge in [0.05, 0.1) is 22.1 Å². The second-order valence-corrected chi connectivity index (χ2v) is 6.80. The Hall–Kier alpha value is -2.75. The van der Waals surface area contributed by atoms with Crippen LogP contribution in [0.5, 0.6) is 0 Å². The normalized spacial score (nSPS) is 12.7. The highest BCUT2D eigenvalue weighted by Gasteiger charge is 2.40. The molecule has 146 valence electrons. The van der Waals surface area contributed by atoms with Crippen molar-refractivity contribution in [1.82, 2.24) is 5.16 Å². The molecular weight excluding hydrogens is 404 g/mol. The fraction of sp³-hybridized carbons (Fsp3) is 0.286. The van der Waals surface area contributed by atoms with Crippen molar-refractivity contribution in [2.75, 3.05) is 4.72 Å². The number of alkyl halides is 6. The molecule has 0 atom stereocenters. The first-order chi connectivity index (χ1) is 12.3. The van der Waals surface area contributed by atoms with Crippen LogP contribution in [0.4, 0.5) is 32.2 Å². The minimum absolute atomic E-state index is 0.202. The molecule has 0 aliphatic carbocycles. The van der Waals surface area contributed by atoms with Crippen molar-refractivity contribution in [1.29, 1.82) is 5.26 Å². The molecule has 0 unspecified atom stereocenters. The van der Waals surface area contributed by atoms with E-state index in [4.69, 9.17) is 5.26 Å². The van der Waals surface area contributed by atoms with E-state index in [1.54, 1.807) is 4.72 Å². The molecule has 1 heterocycles. The van der Waals surface area contributed by atoms with Crippen LogP contribution in [0.1, 0.15) is 29.3 Å². The second kappa shape index (κ2) is 6.76. The number of hydrogen-bond donors (Lipinski definition) is 1. The number of nitrogens with one attached hydrogen (secondary N) is 1. The van der Waals surface area contributed by atoms with E-state index in [9.17, 15) is 34.8 Å². The largest absolute Gasteiger partial charge is 0.437 e. The monoisotopic (exact) mass is 413 g/mol. The SMILES string of the molecule is CCc1c(C(F)(F)F)noc1NS(=O)(=O)c1ccc(C#N)c(C(F)(F)F)c1. The summed E-state index contributed by atoms with van der Waals surface area (Å²) in [4.78, 5) is -0.916. The average Bonchev–Trinajstić information content (AvgIpc) is 2.95. The summed E-state index contributed by atoms with van der Waals surface area (Å²) in [6.45, 7) is 1.28. The number of nitriles is 1. The zero-order valence-corrected chi connectivity index (χ0v) is 14.1. The minimum Gasteiger partial charge on any atom is -0.337 e. The van der Waals surface area contributed by atoms with E-state index in [-0.39, 0.29) is 12.5 Å². The third-order valence-electron chi connectivity index (χ3n) is 3.36. The van der Waals surface area contributed by atoms with Gasteiger partial charge in [-0.3, -0.25) is 0 Å². The van der Waals surface area contributed by atoms with Crippen LogP contribution in [0.2, 0.25) is 0 Å². The summed E-state index contributed by atoms with van der Waals surface area (Å²) in [5.74, 6) is -0.859. The predicted octanol–water partition coefficient (Wildman–Crippen LogP) is 3.95. The fourth-order valence-electron chi connectivity index (χ4n) is 2.14. The van der Waals surface area contributed by atoms with E-state index in [0.717, 1.165) is 0 Å². The zero-order valence-electron chi connectivity index (χ0n) is 13.2. The lowest BCUT2D eigenvalue weighted by atomic mass is 10.1. The molecule has 0 spiro atoms. The standard InChI is InChI=1S/C14H9F6N3O3S/c1-2-9-11(14(18,19)20)22-26-12(9)23-27(24,25)8-4-3-7(6-21)10(5-8)13(15,16)17/h3-5,23H,2H2,1H3. The molecule has 27 heavy (non-hydrogen) atoms. The second-order valence-electron chi connectivity index (χ2n) is 5.11. The van der Waals surface area contributed by atoms with Crippen molar-refractivity contribution in [2.24, 2.45) is 0 Å². The molecule has 0 saturated carbocycles. The Labute approximate surface area is 148 Å². The van der Waals surface area contributed by atoms with Gasteiger partial charge in [0, 0.05) is 5.56 Å². The first kappa shape index (κ1) is 20.6. The topological polar surface area (TPSA) is 96.0 Å². The van der Waals surface area contributed by atoms with E-state index in [0.29, 0.717) is 12.1 Å². The lowest BCUT2D eigenvalue weighted by Gasteiger charge is -2.12. The molecule has 1 N–H and O–H groups in total. The summed E-state index contributed by atoms with van der Waals surface area (Å²) in [6.07, 6.45) is -10.2. The highest BCUT2D eigenvalue weighted by Crippen LogP contribution is 2.36. The summed E-state index contributed by atoms with van der Waals surface area (Å²) in [5, 5.41) is 11.5. The Kier molecular flexibility index (Phi) is 5.15. The molecule has 0 aliphatic rings. The lowest BCUT2D eigenvalue weighted by molar-refractivity contribution is -0.143. The van der Waals surface area contributed by atoms with E-state index >= 15 is 0 Å². The zero-order chi connectivity index (χ0) is 20.6. The van der Waals surface area contributed by atoms with Crippen LogP contribution in [-0.2, 0) is 28.8 Å². The lowest BCUT2D eigenvalue weighted by Crippen LogP contribution is -2.16. The van der Waals surface area contributed by atoms with E-state index in [1.807, 2.05) is 0 Å². The first-order valence-corrected chi connectivity index (χ1v) is 8.49. The molecule has 6 nitrogen and oxygen atoms in total. The molecule has 0 fully saturated rings. The molecular formula is C14H9F6N3O3S. The van der Waals surface area contributed by atoms with Crippen LogP contribution in [0, 0.1) is 11.3 Å². The Bertz CT molecular complexity index is 1000.